The Kier molecular flexibility index (Phi) is 3.53. The molecule has 0 unspecified atom stereocenters. The van der Waals surface area contributed by atoms with E-state index >= 15 is 0 Å². The lowest BCUT2D eigenvalue weighted by atomic mass is 9.62. The summed E-state index contributed by atoms with van der Waals surface area (Å²) in [5, 5.41) is 0. The number of aryl methyl sites for hydroxylation is 1. The third kappa shape index (κ3) is 1.77. The number of ether oxygens (including phenoxy) is 2. The Hall–Kier alpha value is -1.22. The molecule has 1 aliphatic rings. The van der Waals surface area contributed by atoms with Crippen LogP contribution in [0, 0.1) is 13.8 Å². The highest BCUT2D eigenvalue weighted by Gasteiger charge is 2.41. The summed E-state index contributed by atoms with van der Waals surface area (Å²) in [4.78, 5) is 0. The molecule has 0 bridgehead atoms. The number of methoxy groups -OCH3 is 2. The lowest BCUT2D eigenvalue weighted by molar-refractivity contribution is 0.238. The van der Waals surface area contributed by atoms with Gasteiger partial charge in [0.25, 0.3) is 0 Å². The Morgan fingerprint density at radius 3 is 2.28 bits per heavy atom. The lowest BCUT2D eigenvalue weighted by Crippen LogP contribution is -2.42. The highest BCUT2D eigenvalue weighted by molar-refractivity contribution is 5.57. The van der Waals surface area contributed by atoms with Gasteiger partial charge in [0.05, 0.1) is 14.2 Å². The van der Waals surface area contributed by atoms with E-state index in [2.05, 4.69) is 13.8 Å². The first-order chi connectivity index (χ1) is 8.59. The molecule has 0 aromatic heterocycles. The van der Waals surface area contributed by atoms with E-state index in [4.69, 9.17) is 15.2 Å². The van der Waals surface area contributed by atoms with Crippen LogP contribution in [0.5, 0.6) is 11.5 Å². The van der Waals surface area contributed by atoms with Gasteiger partial charge in [-0.25, -0.2) is 0 Å². The van der Waals surface area contributed by atoms with Crippen LogP contribution in [0.15, 0.2) is 6.07 Å². The van der Waals surface area contributed by atoms with Crippen LogP contribution in [-0.4, -0.2) is 20.8 Å². The topological polar surface area (TPSA) is 44.5 Å². The van der Waals surface area contributed by atoms with Crippen LogP contribution in [0.2, 0.25) is 0 Å². The summed E-state index contributed by atoms with van der Waals surface area (Å²) in [7, 11) is 3.39. The molecule has 3 heteroatoms. The molecule has 0 saturated heterocycles. The van der Waals surface area contributed by atoms with Crippen molar-refractivity contribution in [2.45, 2.75) is 38.5 Å². The van der Waals surface area contributed by atoms with Crippen molar-refractivity contribution in [2.24, 2.45) is 5.73 Å². The zero-order chi connectivity index (χ0) is 13.3. The fourth-order valence-electron chi connectivity index (χ4n) is 3.01. The van der Waals surface area contributed by atoms with Crippen molar-refractivity contribution in [3.63, 3.8) is 0 Å². The van der Waals surface area contributed by atoms with Gasteiger partial charge in [0.2, 0.25) is 0 Å². The maximum absolute atomic E-state index is 6.04. The van der Waals surface area contributed by atoms with E-state index in [0.29, 0.717) is 6.54 Å². The largest absolute Gasteiger partial charge is 0.493 e. The van der Waals surface area contributed by atoms with E-state index in [9.17, 15) is 0 Å². The van der Waals surface area contributed by atoms with Crippen molar-refractivity contribution in [2.75, 3.05) is 20.8 Å². The second kappa shape index (κ2) is 4.81. The highest BCUT2D eigenvalue weighted by Crippen LogP contribution is 2.51. The molecule has 3 nitrogen and oxygen atoms in total. The van der Waals surface area contributed by atoms with E-state index in [1.54, 1.807) is 14.2 Å². The normalized spacial score (nSPS) is 17.2. The van der Waals surface area contributed by atoms with Gasteiger partial charge >= 0.3 is 0 Å². The predicted molar refractivity (Wildman–Crippen MR) is 73.6 cm³/mol. The van der Waals surface area contributed by atoms with Crippen LogP contribution in [-0.2, 0) is 5.41 Å². The van der Waals surface area contributed by atoms with Crippen molar-refractivity contribution in [3.05, 3.63) is 22.8 Å². The molecular weight excluding hydrogens is 226 g/mol. The van der Waals surface area contributed by atoms with Crippen molar-refractivity contribution < 1.29 is 9.47 Å². The second-order valence-corrected chi connectivity index (χ2v) is 5.27. The van der Waals surface area contributed by atoms with Gasteiger partial charge in [-0.1, -0.05) is 6.42 Å². The fourth-order valence-corrected chi connectivity index (χ4v) is 3.01. The summed E-state index contributed by atoms with van der Waals surface area (Å²) in [6.07, 6.45) is 3.54. The minimum absolute atomic E-state index is 0.0920. The fraction of sp³-hybridized carbons (Fsp3) is 0.600. The summed E-state index contributed by atoms with van der Waals surface area (Å²) >= 11 is 0. The van der Waals surface area contributed by atoms with Gasteiger partial charge in [-0.2, -0.15) is 0 Å². The van der Waals surface area contributed by atoms with E-state index in [0.717, 1.165) is 24.3 Å². The van der Waals surface area contributed by atoms with Crippen LogP contribution in [0.1, 0.15) is 36.0 Å². The average molecular weight is 249 g/mol. The number of hydrogen-bond donors (Lipinski definition) is 1. The first-order valence-corrected chi connectivity index (χ1v) is 6.52. The van der Waals surface area contributed by atoms with Crippen molar-refractivity contribution in [1.29, 1.82) is 0 Å². The summed E-state index contributed by atoms with van der Waals surface area (Å²) in [5.74, 6) is 1.68. The van der Waals surface area contributed by atoms with Crippen LogP contribution in [0.3, 0.4) is 0 Å². The summed E-state index contributed by atoms with van der Waals surface area (Å²) in [6, 6.07) is 2.04. The molecular formula is C15H23NO2. The molecule has 0 atom stereocenters. The quantitative estimate of drug-likeness (QED) is 0.892. The maximum Gasteiger partial charge on any atom is 0.164 e. The Bertz CT molecular complexity index is 445. The van der Waals surface area contributed by atoms with Gasteiger partial charge < -0.3 is 15.2 Å². The third-order valence-electron chi connectivity index (χ3n) is 4.42. The molecule has 2 N–H and O–H groups in total. The molecule has 1 aliphatic carbocycles. The van der Waals surface area contributed by atoms with Crippen molar-refractivity contribution in [1.82, 2.24) is 0 Å². The van der Waals surface area contributed by atoms with Crippen molar-refractivity contribution in [3.8, 4) is 11.5 Å². The molecule has 0 spiro atoms. The van der Waals surface area contributed by atoms with Crippen LogP contribution < -0.4 is 15.2 Å². The molecule has 1 aromatic rings. The minimum Gasteiger partial charge on any atom is -0.493 e. The SMILES string of the molecule is COc1cc(C)c(C)c(C2(CN)CCC2)c1OC. The molecule has 0 radical (unpaired) electrons. The number of nitrogens with two attached hydrogens (primary N) is 1. The number of hydrogen-bond acceptors (Lipinski definition) is 3. The summed E-state index contributed by atoms with van der Waals surface area (Å²) in [6.45, 7) is 4.95. The Morgan fingerprint density at radius 2 is 1.89 bits per heavy atom. The Labute approximate surface area is 109 Å². The van der Waals surface area contributed by atoms with Crippen LogP contribution >= 0.6 is 0 Å². The van der Waals surface area contributed by atoms with E-state index < -0.39 is 0 Å². The molecule has 1 aromatic carbocycles. The molecule has 100 valence electrons. The highest BCUT2D eigenvalue weighted by atomic mass is 16.5. The van der Waals surface area contributed by atoms with E-state index in [1.165, 1.54) is 23.1 Å². The Morgan fingerprint density at radius 1 is 1.22 bits per heavy atom. The van der Waals surface area contributed by atoms with E-state index in [1.807, 2.05) is 6.07 Å². The van der Waals surface area contributed by atoms with Gasteiger partial charge in [-0.15, -0.1) is 0 Å². The summed E-state index contributed by atoms with van der Waals surface area (Å²) in [5.41, 5.74) is 9.92. The smallest absolute Gasteiger partial charge is 0.164 e. The maximum atomic E-state index is 6.04. The van der Waals surface area contributed by atoms with Gasteiger partial charge in [-0.05, 0) is 43.9 Å². The monoisotopic (exact) mass is 249 g/mol. The molecule has 18 heavy (non-hydrogen) atoms. The zero-order valence-electron chi connectivity index (χ0n) is 11.8. The lowest BCUT2D eigenvalue weighted by Gasteiger charge is -2.43. The van der Waals surface area contributed by atoms with Crippen LogP contribution in [0.25, 0.3) is 0 Å². The molecule has 0 amide bonds. The average Bonchev–Trinajstić information content (AvgIpc) is 2.33. The molecule has 1 saturated carbocycles. The molecule has 1 fully saturated rings. The van der Waals surface area contributed by atoms with Gasteiger partial charge in [0.15, 0.2) is 11.5 Å². The first-order valence-electron chi connectivity index (χ1n) is 6.52. The minimum atomic E-state index is 0.0920. The Balaban J connectivity index is 2.66. The van der Waals surface area contributed by atoms with E-state index in [-0.39, 0.29) is 5.41 Å². The van der Waals surface area contributed by atoms with Gasteiger partial charge in [-0.3, -0.25) is 0 Å². The van der Waals surface area contributed by atoms with Gasteiger partial charge in [0, 0.05) is 17.5 Å². The molecule has 2 rings (SSSR count). The summed E-state index contributed by atoms with van der Waals surface area (Å²) < 4.78 is 11.1. The van der Waals surface area contributed by atoms with Crippen molar-refractivity contribution >= 4 is 0 Å². The van der Waals surface area contributed by atoms with Gasteiger partial charge in [0.1, 0.15) is 0 Å². The standard InChI is InChI=1S/C15H23NO2/c1-10-8-12(17-3)14(18-4)13(11(10)2)15(9-16)6-5-7-15/h8H,5-7,9,16H2,1-4H3. The van der Waals surface area contributed by atoms with Crippen LogP contribution in [0.4, 0.5) is 0 Å². The predicted octanol–water partition coefficient (Wildman–Crippen LogP) is 2.70. The second-order valence-electron chi connectivity index (χ2n) is 5.27. The molecule has 0 heterocycles. The number of rotatable bonds is 4. The zero-order valence-corrected chi connectivity index (χ0v) is 11.8. The number of benzene rings is 1. The molecule has 0 aliphatic heterocycles. The first kappa shape index (κ1) is 13.2. The third-order valence-corrected chi connectivity index (χ3v) is 4.42.